The zero-order chi connectivity index (χ0) is 14.8. The van der Waals surface area contributed by atoms with Crippen molar-refractivity contribution in [3.8, 4) is 0 Å². The molecule has 7 nitrogen and oxygen atoms in total. The van der Waals surface area contributed by atoms with Gasteiger partial charge >= 0.3 is 0 Å². The minimum absolute atomic E-state index is 0.350. The highest BCUT2D eigenvalue weighted by Gasteiger charge is 2.17. The largest absolute Gasteiger partial charge is 0.389 e. The summed E-state index contributed by atoms with van der Waals surface area (Å²) in [7, 11) is 0. The summed E-state index contributed by atoms with van der Waals surface area (Å²) in [6, 6.07) is 0. The molecule has 0 atom stereocenters. The van der Waals surface area contributed by atoms with E-state index in [1.165, 1.54) is 0 Å². The van der Waals surface area contributed by atoms with E-state index in [2.05, 4.69) is 27.2 Å². The van der Waals surface area contributed by atoms with Gasteiger partial charge in [-0.2, -0.15) is 9.97 Å². The Morgan fingerprint density at radius 2 is 2.15 bits per heavy atom. The smallest absolute Gasteiger partial charge is 0.226 e. The van der Waals surface area contributed by atoms with Crippen LogP contribution in [0.15, 0.2) is 6.33 Å². The highest BCUT2D eigenvalue weighted by molar-refractivity contribution is 5.82. The number of unbranched alkanes of at least 4 members (excludes halogenated alkanes) is 1. The molecular weight excluding hydrogens is 256 g/mol. The molecule has 2 aromatic heterocycles. The molecule has 2 rings (SSSR count). The molecule has 7 heteroatoms. The maximum absolute atomic E-state index is 9.92. The lowest BCUT2D eigenvalue weighted by Gasteiger charge is -2.17. The minimum atomic E-state index is -0.844. The normalized spacial score (nSPS) is 12.0. The molecule has 0 amide bonds. The van der Waals surface area contributed by atoms with Crippen molar-refractivity contribution in [2.45, 2.75) is 45.8 Å². The van der Waals surface area contributed by atoms with Gasteiger partial charge in [0, 0.05) is 6.54 Å². The average molecular weight is 278 g/mol. The summed E-state index contributed by atoms with van der Waals surface area (Å²) in [6.45, 7) is 6.81. The topological polar surface area (TPSA) is 102 Å². The van der Waals surface area contributed by atoms with Crippen LogP contribution in [-0.4, -0.2) is 36.8 Å². The maximum Gasteiger partial charge on any atom is 0.226 e. The number of aliphatic hydroxyl groups is 1. The fraction of sp³-hybridized carbons (Fsp3) is 0.615. The molecule has 0 spiro atoms. The number of hydrogen-bond acceptors (Lipinski definition) is 6. The van der Waals surface area contributed by atoms with Gasteiger partial charge in [0.2, 0.25) is 5.95 Å². The number of imidazole rings is 1. The number of nitrogen functional groups attached to an aromatic ring is 1. The highest BCUT2D eigenvalue weighted by Crippen LogP contribution is 2.19. The van der Waals surface area contributed by atoms with Gasteiger partial charge in [-0.3, -0.25) is 0 Å². The third-order valence-electron chi connectivity index (χ3n) is 2.86. The van der Waals surface area contributed by atoms with E-state index in [0.29, 0.717) is 29.5 Å². The quantitative estimate of drug-likeness (QED) is 0.690. The minimum Gasteiger partial charge on any atom is -0.389 e. The van der Waals surface area contributed by atoms with E-state index in [9.17, 15) is 5.11 Å². The summed E-state index contributed by atoms with van der Waals surface area (Å²) in [4.78, 5) is 12.9. The molecule has 0 saturated heterocycles. The van der Waals surface area contributed by atoms with Crippen LogP contribution < -0.4 is 11.1 Å². The highest BCUT2D eigenvalue weighted by atomic mass is 16.3. The molecule has 0 fully saturated rings. The molecule has 4 N–H and O–H groups in total. The number of nitrogens with one attached hydrogen (secondary N) is 1. The maximum atomic E-state index is 9.92. The molecule has 110 valence electrons. The summed E-state index contributed by atoms with van der Waals surface area (Å²) < 4.78 is 1.79. The lowest BCUT2D eigenvalue weighted by molar-refractivity contribution is 0.0625. The zero-order valence-electron chi connectivity index (χ0n) is 12.2. The van der Waals surface area contributed by atoms with Gasteiger partial charge in [-0.25, -0.2) is 4.98 Å². The van der Waals surface area contributed by atoms with E-state index in [4.69, 9.17) is 5.73 Å². The van der Waals surface area contributed by atoms with Gasteiger partial charge in [0.25, 0.3) is 0 Å². The molecule has 0 unspecified atom stereocenters. The first kappa shape index (κ1) is 14.5. The second-order valence-corrected chi connectivity index (χ2v) is 5.57. The lowest BCUT2D eigenvalue weighted by Crippen LogP contribution is -2.25. The van der Waals surface area contributed by atoms with Gasteiger partial charge < -0.3 is 20.7 Å². The lowest BCUT2D eigenvalue weighted by atomic mass is 10.1. The van der Waals surface area contributed by atoms with E-state index >= 15 is 0 Å². The number of rotatable bonds is 6. The van der Waals surface area contributed by atoms with Gasteiger partial charge in [0.1, 0.15) is 5.52 Å². The summed E-state index contributed by atoms with van der Waals surface area (Å²) in [5.41, 5.74) is 6.27. The Balaban J connectivity index is 2.32. The Labute approximate surface area is 118 Å². The van der Waals surface area contributed by atoms with Crippen molar-refractivity contribution < 1.29 is 5.11 Å². The van der Waals surface area contributed by atoms with Crippen molar-refractivity contribution in [2.24, 2.45) is 0 Å². The Morgan fingerprint density at radius 3 is 2.80 bits per heavy atom. The monoisotopic (exact) mass is 278 g/mol. The third-order valence-corrected chi connectivity index (χ3v) is 2.86. The van der Waals surface area contributed by atoms with Crippen LogP contribution in [0, 0.1) is 0 Å². The number of aromatic nitrogens is 4. The van der Waals surface area contributed by atoms with Crippen LogP contribution in [0.25, 0.3) is 11.2 Å². The fourth-order valence-electron chi connectivity index (χ4n) is 1.95. The van der Waals surface area contributed by atoms with Crippen LogP contribution in [0.4, 0.5) is 11.8 Å². The van der Waals surface area contributed by atoms with Gasteiger partial charge in [-0.15, -0.1) is 0 Å². The SMILES string of the molecule is CCCCNc1nc(N)c2ncn(CC(C)(C)O)c2n1. The van der Waals surface area contributed by atoms with Gasteiger partial charge in [0.15, 0.2) is 11.5 Å². The predicted octanol–water partition coefficient (Wildman–Crippen LogP) is 1.39. The van der Waals surface area contributed by atoms with Crippen LogP contribution in [-0.2, 0) is 6.54 Å². The third kappa shape index (κ3) is 3.36. The van der Waals surface area contributed by atoms with E-state index in [1.807, 2.05) is 0 Å². The first-order chi connectivity index (χ1) is 9.40. The van der Waals surface area contributed by atoms with Crippen molar-refractivity contribution in [1.29, 1.82) is 0 Å². The molecule has 0 aromatic carbocycles. The van der Waals surface area contributed by atoms with Gasteiger partial charge in [-0.05, 0) is 20.3 Å². The number of hydrogen-bond donors (Lipinski definition) is 3. The Morgan fingerprint density at radius 1 is 1.40 bits per heavy atom. The van der Waals surface area contributed by atoms with Crippen LogP contribution in [0.1, 0.15) is 33.6 Å². The van der Waals surface area contributed by atoms with E-state index in [1.54, 1.807) is 24.7 Å². The second-order valence-electron chi connectivity index (χ2n) is 5.57. The number of nitrogens with zero attached hydrogens (tertiary/aromatic N) is 4. The van der Waals surface area contributed by atoms with Gasteiger partial charge in [0.05, 0.1) is 18.5 Å². The van der Waals surface area contributed by atoms with Crippen LogP contribution in [0.3, 0.4) is 0 Å². The summed E-state index contributed by atoms with van der Waals surface area (Å²) in [5, 5.41) is 13.1. The van der Waals surface area contributed by atoms with Crippen LogP contribution in [0.5, 0.6) is 0 Å². The van der Waals surface area contributed by atoms with Crippen molar-refractivity contribution >= 4 is 22.9 Å². The van der Waals surface area contributed by atoms with Crippen LogP contribution >= 0.6 is 0 Å². The Bertz CT molecular complexity index is 586. The number of nitrogens with two attached hydrogens (primary N) is 1. The number of fused-ring (bicyclic) bond motifs is 1. The Hall–Kier alpha value is -1.89. The van der Waals surface area contributed by atoms with E-state index in [-0.39, 0.29) is 0 Å². The first-order valence-corrected chi connectivity index (χ1v) is 6.85. The molecule has 0 aliphatic rings. The Kier molecular flexibility index (Phi) is 4.08. The molecule has 2 aromatic rings. The van der Waals surface area contributed by atoms with Crippen molar-refractivity contribution in [3.63, 3.8) is 0 Å². The molecule has 0 radical (unpaired) electrons. The number of anilines is 2. The van der Waals surface area contributed by atoms with Crippen molar-refractivity contribution in [3.05, 3.63) is 6.33 Å². The van der Waals surface area contributed by atoms with Crippen LogP contribution in [0.2, 0.25) is 0 Å². The molecular formula is C13H22N6O. The molecule has 0 aliphatic carbocycles. The van der Waals surface area contributed by atoms with Crippen molar-refractivity contribution in [2.75, 3.05) is 17.6 Å². The van der Waals surface area contributed by atoms with Crippen molar-refractivity contribution in [1.82, 2.24) is 19.5 Å². The predicted molar refractivity (Wildman–Crippen MR) is 79.4 cm³/mol. The summed E-state index contributed by atoms with van der Waals surface area (Å²) in [6.07, 6.45) is 3.77. The van der Waals surface area contributed by atoms with E-state index < -0.39 is 5.60 Å². The molecule has 0 saturated carbocycles. The molecule has 0 aliphatic heterocycles. The molecule has 20 heavy (non-hydrogen) atoms. The fourth-order valence-corrected chi connectivity index (χ4v) is 1.95. The first-order valence-electron chi connectivity index (χ1n) is 6.85. The summed E-state index contributed by atoms with van der Waals surface area (Å²) >= 11 is 0. The standard InChI is InChI=1S/C13H22N6O/c1-4-5-6-15-12-17-10(14)9-11(18-12)19(8-16-9)7-13(2,3)20/h8,20H,4-7H2,1-3H3,(H3,14,15,17,18). The summed E-state index contributed by atoms with van der Waals surface area (Å²) in [5.74, 6) is 0.851. The molecule has 0 bridgehead atoms. The molecule has 2 heterocycles. The zero-order valence-corrected chi connectivity index (χ0v) is 12.2. The average Bonchev–Trinajstić information content (AvgIpc) is 2.71. The van der Waals surface area contributed by atoms with E-state index in [0.717, 1.165) is 19.4 Å². The van der Waals surface area contributed by atoms with Gasteiger partial charge in [-0.1, -0.05) is 13.3 Å². The second kappa shape index (κ2) is 5.62.